The largest absolute Gasteiger partial charge is 0.393 e. The van der Waals surface area contributed by atoms with Crippen molar-refractivity contribution in [2.45, 2.75) is 71.4 Å². The first-order valence-electron chi connectivity index (χ1n) is 15.7. The fourth-order valence-electron chi connectivity index (χ4n) is 6.63. The number of nitrogens with one attached hydrogen (secondary N) is 1. The minimum absolute atomic E-state index is 0.0267. The summed E-state index contributed by atoms with van der Waals surface area (Å²) in [5, 5.41) is 15.1. The van der Waals surface area contributed by atoms with Crippen molar-refractivity contribution in [1.29, 1.82) is 5.26 Å². The van der Waals surface area contributed by atoms with Gasteiger partial charge >= 0.3 is 6.18 Å². The number of nitriles is 1. The number of hydrogen-bond donors (Lipinski definition) is 1. The van der Waals surface area contributed by atoms with Gasteiger partial charge in [0.1, 0.15) is 34.1 Å². The zero-order valence-electron chi connectivity index (χ0n) is 26.9. The Bertz CT molecular complexity index is 1940. The Kier molecular flexibility index (Phi) is 9.27. The van der Waals surface area contributed by atoms with Gasteiger partial charge in [-0.05, 0) is 62.9 Å². The number of nitrogens with zero attached hydrogens (tertiary/aromatic N) is 7. The molecule has 5 heterocycles. The Hall–Kier alpha value is -3.29. The third kappa shape index (κ3) is 7.26. The fraction of sp³-hybridized carbons (Fsp3) is 0.531. The molecule has 10 nitrogen and oxygen atoms in total. The minimum atomic E-state index is -4.27. The lowest BCUT2D eigenvalue weighted by Crippen LogP contribution is -2.52. The quantitative estimate of drug-likeness (QED) is 0.268. The van der Waals surface area contributed by atoms with Gasteiger partial charge in [0.15, 0.2) is 0 Å². The van der Waals surface area contributed by atoms with Gasteiger partial charge in [0.2, 0.25) is 10.0 Å². The molecule has 1 N–H and O–H groups in total. The van der Waals surface area contributed by atoms with Crippen molar-refractivity contribution in [3.8, 4) is 6.07 Å². The molecule has 1 aromatic carbocycles. The van der Waals surface area contributed by atoms with Crippen LogP contribution in [0.4, 0.5) is 19.0 Å². The molecule has 2 fully saturated rings. The van der Waals surface area contributed by atoms with E-state index in [0.717, 1.165) is 60.3 Å². The Labute approximate surface area is 276 Å². The van der Waals surface area contributed by atoms with Gasteiger partial charge in [-0.2, -0.15) is 18.4 Å². The van der Waals surface area contributed by atoms with Crippen LogP contribution in [-0.2, 0) is 29.5 Å². The molecule has 6 rings (SSSR count). The molecule has 15 heteroatoms. The van der Waals surface area contributed by atoms with E-state index in [9.17, 15) is 26.9 Å². The van der Waals surface area contributed by atoms with Gasteiger partial charge in [-0.3, -0.25) is 9.80 Å². The number of sulfonamides is 1. The predicted molar refractivity (Wildman–Crippen MR) is 178 cm³/mol. The van der Waals surface area contributed by atoms with Crippen molar-refractivity contribution < 1.29 is 21.6 Å². The number of likely N-dealkylation sites (tertiary alicyclic amines) is 1. The van der Waals surface area contributed by atoms with E-state index in [-0.39, 0.29) is 22.8 Å². The molecule has 1 atom stereocenters. The maximum atomic E-state index is 13.0. The number of thiophene rings is 1. The number of halogens is 3. The second-order valence-corrected chi connectivity index (χ2v) is 16.0. The highest BCUT2D eigenvalue weighted by molar-refractivity contribution is 7.89. The highest BCUT2D eigenvalue weighted by Crippen LogP contribution is 2.34. The van der Waals surface area contributed by atoms with Gasteiger partial charge in [0, 0.05) is 74.2 Å². The molecular formula is C32H39F3N8O2S2. The number of aromatic nitrogens is 3. The molecule has 0 unspecified atom stereocenters. The number of rotatable bonds is 8. The summed E-state index contributed by atoms with van der Waals surface area (Å²) in [6.07, 6.45) is -3.52. The van der Waals surface area contributed by atoms with Crippen molar-refractivity contribution in [2.75, 3.05) is 44.4 Å². The zero-order chi connectivity index (χ0) is 33.7. The molecular weight excluding hydrogens is 650 g/mol. The lowest BCUT2D eigenvalue weighted by molar-refractivity contribution is -0.126. The lowest BCUT2D eigenvalue weighted by Gasteiger charge is -2.36. The van der Waals surface area contributed by atoms with Crippen LogP contribution in [0, 0.1) is 25.2 Å². The van der Waals surface area contributed by atoms with Crippen LogP contribution in [0.2, 0.25) is 0 Å². The normalized spacial score (nSPS) is 19.4. The van der Waals surface area contributed by atoms with Crippen LogP contribution >= 0.6 is 11.3 Å². The number of aryl methyl sites for hydroxylation is 2. The summed E-state index contributed by atoms with van der Waals surface area (Å²) in [4.78, 5) is 14.1. The molecule has 3 aromatic heterocycles. The SMILES string of the molecule is Cc1nc(NC2CCN(Cc3ccc4c(cc(C#N)n4C[C@H](C)N4CCN(C)S(=O)(=O)C4)c3C)CC2)c2cc(CC(F)(F)F)sc2n1. The van der Waals surface area contributed by atoms with E-state index in [1.807, 2.05) is 22.5 Å². The topological polar surface area (TPSA) is 110 Å². The molecule has 2 aliphatic heterocycles. The minimum Gasteiger partial charge on any atom is -0.367 e. The first-order valence-corrected chi connectivity index (χ1v) is 18.2. The molecule has 2 aliphatic rings. The van der Waals surface area contributed by atoms with Crippen LogP contribution < -0.4 is 5.32 Å². The van der Waals surface area contributed by atoms with E-state index in [0.29, 0.717) is 47.2 Å². The summed E-state index contributed by atoms with van der Waals surface area (Å²) in [5.74, 6) is 1.10. The van der Waals surface area contributed by atoms with Gasteiger partial charge in [-0.25, -0.2) is 22.7 Å². The van der Waals surface area contributed by atoms with Crippen molar-refractivity contribution in [1.82, 2.24) is 28.6 Å². The number of piperidine rings is 1. The third-order valence-electron chi connectivity index (χ3n) is 9.41. The highest BCUT2D eigenvalue weighted by Gasteiger charge is 2.31. The Morgan fingerprint density at radius 2 is 1.85 bits per heavy atom. The Balaban J connectivity index is 1.11. The summed E-state index contributed by atoms with van der Waals surface area (Å²) in [6, 6.07) is 10.1. The molecule has 252 valence electrons. The van der Waals surface area contributed by atoms with Crippen LogP contribution in [-0.4, -0.2) is 94.4 Å². The van der Waals surface area contributed by atoms with Crippen LogP contribution in [0.25, 0.3) is 21.1 Å². The maximum absolute atomic E-state index is 13.0. The van der Waals surface area contributed by atoms with E-state index in [2.05, 4.69) is 45.3 Å². The van der Waals surface area contributed by atoms with Crippen LogP contribution in [0.1, 0.15) is 47.3 Å². The van der Waals surface area contributed by atoms with Crippen LogP contribution in [0.3, 0.4) is 0 Å². The number of benzene rings is 1. The smallest absolute Gasteiger partial charge is 0.367 e. The van der Waals surface area contributed by atoms with E-state index in [4.69, 9.17) is 0 Å². The standard InChI is InChI=1S/C32H39F3N8O2S2/c1-20(42-12-11-40(4)47(44,45)19-42)17-43-25(16-36)13-27-21(2)23(5-6-29(27)43)18-41-9-7-24(8-10-41)39-30-28-14-26(15-32(33,34)35)46-31(28)38-22(3)37-30/h5-6,13-14,20,24H,7-12,15,17-19H2,1-4H3,(H,37,38,39)/t20-/m0/s1. The Morgan fingerprint density at radius 3 is 2.53 bits per heavy atom. The Morgan fingerprint density at radius 1 is 1.11 bits per heavy atom. The first kappa shape index (κ1) is 33.6. The van der Waals surface area contributed by atoms with Crippen molar-refractivity contribution in [3.63, 3.8) is 0 Å². The summed E-state index contributed by atoms with van der Waals surface area (Å²) in [5.41, 5.74) is 3.83. The van der Waals surface area contributed by atoms with Gasteiger partial charge in [0.25, 0.3) is 0 Å². The average Bonchev–Trinajstić information content (AvgIpc) is 3.56. The zero-order valence-corrected chi connectivity index (χ0v) is 28.6. The average molecular weight is 689 g/mol. The second-order valence-electron chi connectivity index (χ2n) is 12.8. The molecule has 0 aliphatic carbocycles. The predicted octanol–water partition coefficient (Wildman–Crippen LogP) is 5.24. The second kappa shape index (κ2) is 13.0. The first-order chi connectivity index (χ1) is 22.2. The number of fused-ring (bicyclic) bond motifs is 2. The molecule has 0 amide bonds. The third-order valence-corrected chi connectivity index (χ3v) is 12.2. The molecule has 4 aromatic rings. The van der Waals surface area contributed by atoms with Crippen molar-refractivity contribution >= 4 is 48.3 Å². The monoisotopic (exact) mass is 688 g/mol. The van der Waals surface area contributed by atoms with E-state index >= 15 is 0 Å². The summed E-state index contributed by atoms with van der Waals surface area (Å²) >= 11 is 1.07. The number of hydrogen-bond acceptors (Lipinski definition) is 9. The summed E-state index contributed by atoms with van der Waals surface area (Å²) in [6.45, 7) is 9.92. The van der Waals surface area contributed by atoms with Gasteiger partial charge < -0.3 is 9.88 Å². The number of likely N-dealkylation sites (N-methyl/N-ethyl adjacent to an activating group) is 1. The van der Waals surface area contributed by atoms with Crippen molar-refractivity contribution in [3.05, 3.63) is 51.8 Å². The van der Waals surface area contributed by atoms with Crippen LogP contribution in [0.15, 0.2) is 24.3 Å². The molecule has 2 saturated heterocycles. The molecule has 0 radical (unpaired) electrons. The number of anilines is 1. The van der Waals surface area contributed by atoms with Gasteiger partial charge in [-0.1, -0.05) is 6.07 Å². The van der Waals surface area contributed by atoms with Crippen molar-refractivity contribution in [2.24, 2.45) is 0 Å². The fourth-order valence-corrected chi connectivity index (χ4v) is 9.10. The number of alkyl halides is 3. The summed E-state index contributed by atoms with van der Waals surface area (Å²) < 4.78 is 67.3. The summed E-state index contributed by atoms with van der Waals surface area (Å²) in [7, 11) is -1.71. The van der Waals surface area contributed by atoms with E-state index < -0.39 is 22.6 Å². The highest BCUT2D eigenvalue weighted by atomic mass is 32.2. The maximum Gasteiger partial charge on any atom is 0.393 e. The van der Waals surface area contributed by atoms with E-state index in [1.165, 1.54) is 9.87 Å². The van der Waals surface area contributed by atoms with Gasteiger partial charge in [-0.15, -0.1) is 11.3 Å². The van der Waals surface area contributed by atoms with Gasteiger partial charge in [0.05, 0.1) is 11.8 Å². The molecule has 0 bridgehead atoms. The van der Waals surface area contributed by atoms with Crippen LogP contribution in [0.5, 0.6) is 0 Å². The molecule has 0 saturated carbocycles. The molecule has 47 heavy (non-hydrogen) atoms. The molecule has 0 spiro atoms. The lowest BCUT2D eigenvalue weighted by atomic mass is 10.0. The van der Waals surface area contributed by atoms with E-state index in [1.54, 1.807) is 20.0 Å².